The van der Waals surface area contributed by atoms with Crippen molar-refractivity contribution in [1.29, 1.82) is 0 Å². The van der Waals surface area contributed by atoms with E-state index in [2.05, 4.69) is 4.90 Å². The third-order valence-corrected chi connectivity index (χ3v) is 4.47. The number of halogens is 1. The summed E-state index contributed by atoms with van der Waals surface area (Å²) in [6.07, 6.45) is 0. The first-order valence-corrected chi connectivity index (χ1v) is 8.07. The van der Waals surface area contributed by atoms with Crippen molar-refractivity contribution in [3.63, 3.8) is 0 Å². The second-order valence-corrected chi connectivity index (χ2v) is 5.99. The van der Waals surface area contributed by atoms with E-state index in [4.69, 9.17) is 11.6 Å². The highest BCUT2D eigenvalue weighted by molar-refractivity contribution is 6.33. The van der Waals surface area contributed by atoms with Crippen molar-refractivity contribution in [3.8, 4) is 0 Å². The van der Waals surface area contributed by atoms with Crippen LogP contribution in [-0.2, 0) is 0 Å². The average Bonchev–Trinajstić information content (AvgIpc) is 2.62. The minimum Gasteiger partial charge on any atom is -0.478 e. The van der Waals surface area contributed by atoms with Gasteiger partial charge < -0.3 is 14.9 Å². The summed E-state index contributed by atoms with van der Waals surface area (Å²) < 4.78 is 0. The van der Waals surface area contributed by atoms with Crippen LogP contribution in [0.3, 0.4) is 0 Å². The lowest BCUT2D eigenvalue weighted by atomic mass is 10.1. The molecular weight excluding hydrogens is 328 g/mol. The lowest BCUT2D eigenvalue weighted by Crippen LogP contribution is -2.49. The number of carboxylic acid groups (broad SMARTS) is 1. The van der Waals surface area contributed by atoms with Crippen LogP contribution in [0.2, 0.25) is 5.02 Å². The first-order chi connectivity index (χ1) is 11.6. The predicted octanol–water partition coefficient (Wildman–Crippen LogP) is 3.00. The molecule has 124 valence electrons. The number of anilines is 1. The van der Waals surface area contributed by atoms with Crippen molar-refractivity contribution in [2.45, 2.75) is 0 Å². The Balaban J connectivity index is 1.72. The van der Waals surface area contributed by atoms with E-state index in [9.17, 15) is 14.7 Å². The van der Waals surface area contributed by atoms with Crippen molar-refractivity contribution in [1.82, 2.24) is 4.90 Å². The van der Waals surface area contributed by atoms with Gasteiger partial charge in [-0.2, -0.15) is 0 Å². The van der Waals surface area contributed by atoms with Crippen LogP contribution in [-0.4, -0.2) is 48.1 Å². The van der Waals surface area contributed by atoms with Crippen molar-refractivity contribution in [2.75, 3.05) is 31.1 Å². The number of hydrogen-bond acceptors (Lipinski definition) is 3. The number of benzene rings is 2. The topological polar surface area (TPSA) is 60.9 Å². The van der Waals surface area contributed by atoms with E-state index in [1.807, 2.05) is 24.3 Å². The van der Waals surface area contributed by atoms with Crippen molar-refractivity contribution < 1.29 is 14.7 Å². The Kier molecular flexibility index (Phi) is 4.71. The Labute approximate surface area is 145 Å². The Morgan fingerprint density at radius 3 is 2.08 bits per heavy atom. The summed E-state index contributed by atoms with van der Waals surface area (Å²) in [6.45, 7) is 2.37. The molecule has 1 amide bonds. The highest BCUT2D eigenvalue weighted by Crippen LogP contribution is 2.26. The van der Waals surface area contributed by atoms with Crippen LogP contribution in [0, 0.1) is 0 Å². The van der Waals surface area contributed by atoms with Crippen LogP contribution in [0.15, 0.2) is 48.5 Å². The summed E-state index contributed by atoms with van der Waals surface area (Å²) in [5.74, 6) is -1.33. The van der Waals surface area contributed by atoms with E-state index >= 15 is 0 Å². The molecular formula is C18H17ClN2O3. The molecule has 1 saturated heterocycles. The van der Waals surface area contributed by atoms with Gasteiger partial charge in [0, 0.05) is 26.2 Å². The summed E-state index contributed by atoms with van der Waals surface area (Å²) in [7, 11) is 0. The summed E-state index contributed by atoms with van der Waals surface area (Å²) in [6, 6.07) is 13.9. The van der Waals surface area contributed by atoms with E-state index < -0.39 is 5.97 Å². The van der Waals surface area contributed by atoms with E-state index in [1.54, 1.807) is 23.1 Å². The number of hydrogen-bond donors (Lipinski definition) is 1. The highest BCUT2D eigenvalue weighted by atomic mass is 35.5. The van der Waals surface area contributed by atoms with E-state index in [0.29, 0.717) is 31.2 Å². The zero-order valence-electron chi connectivity index (χ0n) is 13.0. The Hall–Kier alpha value is -2.53. The van der Waals surface area contributed by atoms with Crippen LogP contribution in [0.5, 0.6) is 0 Å². The van der Waals surface area contributed by atoms with Gasteiger partial charge in [-0.1, -0.05) is 35.9 Å². The lowest BCUT2D eigenvalue weighted by molar-refractivity contribution is 0.0673. The molecule has 0 bridgehead atoms. The third kappa shape index (κ3) is 3.21. The number of aromatic carboxylic acids is 1. The maximum atomic E-state index is 12.7. The van der Waals surface area contributed by atoms with Gasteiger partial charge in [-0.05, 0) is 24.3 Å². The summed E-state index contributed by atoms with van der Waals surface area (Å²) in [4.78, 5) is 27.8. The Morgan fingerprint density at radius 2 is 1.46 bits per heavy atom. The molecule has 5 nitrogen and oxygen atoms in total. The van der Waals surface area contributed by atoms with Gasteiger partial charge >= 0.3 is 5.97 Å². The van der Waals surface area contributed by atoms with Gasteiger partial charge in [-0.25, -0.2) is 4.79 Å². The van der Waals surface area contributed by atoms with Crippen LogP contribution in [0.4, 0.5) is 5.69 Å². The quantitative estimate of drug-likeness (QED) is 0.929. The fraction of sp³-hybridized carbons (Fsp3) is 0.222. The number of amides is 1. The Morgan fingerprint density at radius 1 is 0.875 bits per heavy atom. The van der Waals surface area contributed by atoms with Crippen LogP contribution in [0.1, 0.15) is 20.7 Å². The fourth-order valence-electron chi connectivity index (χ4n) is 2.89. The summed E-state index contributed by atoms with van der Waals surface area (Å²) in [5, 5.41) is 9.93. The number of carboxylic acids is 1. The maximum absolute atomic E-state index is 12.7. The fourth-order valence-corrected chi connectivity index (χ4v) is 3.14. The SMILES string of the molecule is O=C(O)c1ccccc1C(=O)N1CCN(c2ccccc2Cl)CC1. The standard InChI is InChI=1S/C18H17ClN2O3/c19-15-7-3-4-8-16(15)20-9-11-21(12-10-20)17(22)13-5-1-2-6-14(13)18(23)24/h1-8H,9-12H2,(H,23,24). The second kappa shape index (κ2) is 6.93. The maximum Gasteiger partial charge on any atom is 0.336 e. The largest absolute Gasteiger partial charge is 0.478 e. The molecule has 2 aromatic rings. The lowest BCUT2D eigenvalue weighted by Gasteiger charge is -2.36. The zero-order chi connectivity index (χ0) is 17.1. The van der Waals surface area contributed by atoms with Gasteiger partial charge in [0.25, 0.3) is 5.91 Å². The summed E-state index contributed by atoms with van der Waals surface area (Å²) in [5.41, 5.74) is 1.23. The van der Waals surface area contributed by atoms with E-state index in [1.165, 1.54) is 6.07 Å². The molecule has 6 heteroatoms. The van der Waals surface area contributed by atoms with Crippen molar-refractivity contribution >= 4 is 29.2 Å². The van der Waals surface area contributed by atoms with Crippen molar-refractivity contribution in [2.24, 2.45) is 0 Å². The average molecular weight is 345 g/mol. The minimum atomic E-state index is -1.09. The van der Waals surface area contributed by atoms with Crippen molar-refractivity contribution in [3.05, 3.63) is 64.7 Å². The molecule has 0 atom stereocenters. The third-order valence-electron chi connectivity index (χ3n) is 4.15. The number of piperazine rings is 1. The molecule has 24 heavy (non-hydrogen) atoms. The molecule has 1 heterocycles. The molecule has 0 spiro atoms. The molecule has 0 aliphatic carbocycles. The van der Waals surface area contributed by atoms with Gasteiger partial charge in [0.2, 0.25) is 0 Å². The molecule has 2 aromatic carbocycles. The molecule has 1 fully saturated rings. The van der Waals surface area contributed by atoms with Crippen LogP contribution >= 0.6 is 11.6 Å². The smallest absolute Gasteiger partial charge is 0.336 e. The molecule has 1 aliphatic rings. The van der Waals surface area contributed by atoms with Gasteiger partial charge in [-0.15, -0.1) is 0 Å². The first-order valence-electron chi connectivity index (χ1n) is 7.69. The number of rotatable bonds is 3. The number of carbonyl (C=O) groups excluding carboxylic acids is 1. The second-order valence-electron chi connectivity index (χ2n) is 5.58. The van der Waals surface area contributed by atoms with Gasteiger partial charge in [0.05, 0.1) is 21.8 Å². The number of carbonyl (C=O) groups is 2. The number of nitrogens with zero attached hydrogens (tertiary/aromatic N) is 2. The molecule has 0 unspecified atom stereocenters. The predicted molar refractivity (Wildman–Crippen MR) is 93.0 cm³/mol. The van der Waals surface area contributed by atoms with Gasteiger partial charge in [-0.3, -0.25) is 4.79 Å². The molecule has 1 N–H and O–H groups in total. The van der Waals surface area contributed by atoms with Crippen LogP contribution < -0.4 is 4.90 Å². The number of para-hydroxylation sites is 1. The molecule has 0 radical (unpaired) electrons. The van der Waals surface area contributed by atoms with Gasteiger partial charge in [0.1, 0.15) is 0 Å². The van der Waals surface area contributed by atoms with Crippen LogP contribution in [0.25, 0.3) is 0 Å². The molecule has 0 aromatic heterocycles. The first kappa shape index (κ1) is 16.3. The van der Waals surface area contributed by atoms with E-state index in [0.717, 1.165) is 5.69 Å². The molecule has 1 aliphatic heterocycles. The minimum absolute atomic E-state index is 0.0380. The monoisotopic (exact) mass is 344 g/mol. The summed E-state index contributed by atoms with van der Waals surface area (Å²) >= 11 is 6.22. The normalized spacial score (nSPS) is 14.5. The zero-order valence-corrected chi connectivity index (χ0v) is 13.7. The van der Waals surface area contributed by atoms with E-state index in [-0.39, 0.29) is 17.0 Å². The molecule has 0 saturated carbocycles. The molecule has 3 rings (SSSR count). The van der Waals surface area contributed by atoms with Gasteiger partial charge in [0.15, 0.2) is 0 Å². The highest BCUT2D eigenvalue weighted by Gasteiger charge is 2.25. The Bertz CT molecular complexity index is 770.